The monoisotopic (exact) mass is 256 g/mol. The molecule has 0 saturated heterocycles. The number of hydrogen-bond donors (Lipinski definition) is 0. The molecule has 1 aromatic heterocycles. The Morgan fingerprint density at radius 3 is 2.72 bits per heavy atom. The summed E-state index contributed by atoms with van der Waals surface area (Å²) in [5.74, 6) is 0.0688. The Morgan fingerprint density at radius 2 is 2.17 bits per heavy atom. The van der Waals surface area contributed by atoms with Crippen molar-refractivity contribution in [1.29, 1.82) is 0 Å². The first-order chi connectivity index (χ1) is 8.60. The van der Waals surface area contributed by atoms with Crippen LogP contribution in [0.4, 0.5) is 0 Å². The van der Waals surface area contributed by atoms with Gasteiger partial charge in [0.2, 0.25) is 5.89 Å². The molecule has 1 rings (SSSR count). The predicted octanol–water partition coefficient (Wildman–Crippen LogP) is 1.56. The van der Waals surface area contributed by atoms with E-state index in [0.717, 1.165) is 0 Å². The lowest BCUT2D eigenvalue weighted by Crippen LogP contribution is -2.21. The van der Waals surface area contributed by atoms with Gasteiger partial charge in [-0.15, -0.1) is 0 Å². The first kappa shape index (κ1) is 14.6. The third-order valence-corrected chi connectivity index (χ3v) is 2.49. The number of rotatable bonds is 7. The van der Waals surface area contributed by atoms with Crippen molar-refractivity contribution >= 4 is 5.97 Å². The van der Waals surface area contributed by atoms with Gasteiger partial charge in [0.05, 0.1) is 13.2 Å². The largest absolute Gasteiger partial charge is 0.465 e. The Hall–Kier alpha value is -1.43. The number of hydrogen-bond acceptors (Lipinski definition) is 6. The quantitative estimate of drug-likeness (QED) is 0.689. The number of aromatic nitrogens is 2. The van der Waals surface area contributed by atoms with Gasteiger partial charge >= 0.3 is 5.97 Å². The van der Waals surface area contributed by atoms with E-state index >= 15 is 0 Å². The standard InChI is InChI=1S/C12H20N2O4/c1-5-17-12(15)10(8(2)3)11-13-9(14-18-11)6-7-16-4/h8,10H,5-7H2,1-4H3. The smallest absolute Gasteiger partial charge is 0.318 e. The third kappa shape index (κ3) is 3.80. The van der Waals surface area contributed by atoms with Gasteiger partial charge in [-0.25, -0.2) is 0 Å². The summed E-state index contributed by atoms with van der Waals surface area (Å²) in [6.07, 6.45) is 0.563. The van der Waals surface area contributed by atoms with Crippen molar-refractivity contribution in [3.63, 3.8) is 0 Å². The van der Waals surface area contributed by atoms with Crippen LogP contribution >= 0.6 is 0 Å². The fraction of sp³-hybridized carbons (Fsp3) is 0.750. The first-order valence-corrected chi connectivity index (χ1v) is 6.08. The van der Waals surface area contributed by atoms with Crippen molar-refractivity contribution < 1.29 is 18.8 Å². The van der Waals surface area contributed by atoms with Gasteiger partial charge in [-0.1, -0.05) is 19.0 Å². The lowest BCUT2D eigenvalue weighted by atomic mass is 9.96. The summed E-state index contributed by atoms with van der Waals surface area (Å²) < 4.78 is 15.1. The maximum Gasteiger partial charge on any atom is 0.318 e. The van der Waals surface area contributed by atoms with E-state index in [9.17, 15) is 4.79 Å². The van der Waals surface area contributed by atoms with Crippen LogP contribution < -0.4 is 0 Å². The highest BCUT2D eigenvalue weighted by molar-refractivity contribution is 5.77. The van der Waals surface area contributed by atoms with Gasteiger partial charge in [0.25, 0.3) is 0 Å². The van der Waals surface area contributed by atoms with Crippen molar-refractivity contribution in [3.8, 4) is 0 Å². The van der Waals surface area contributed by atoms with Gasteiger partial charge in [-0.05, 0) is 12.8 Å². The maximum atomic E-state index is 11.8. The van der Waals surface area contributed by atoms with Crippen molar-refractivity contribution in [3.05, 3.63) is 11.7 Å². The minimum Gasteiger partial charge on any atom is -0.465 e. The van der Waals surface area contributed by atoms with Gasteiger partial charge in [-0.2, -0.15) is 4.98 Å². The number of carbonyl (C=O) groups excluding carboxylic acids is 1. The van der Waals surface area contributed by atoms with Crippen LogP contribution in [-0.2, 0) is 20.7 Å². The molecule has 0 N–H and O–H groups in total. The topological polar surface area (TPSA) is 74.5 Å². The summed E-state index contributed by atoms with van der Waals surface area (Å²) in [6, 6.07) is 0. The summed E-state index contributed by atoms with van der Waals surface area (Å²) in [7, 11) is 1.61. The fourth-order valence-electron chi connectivity index (χ4n) is 1.58. The molecule has 0 saturated carbocycles. The van der Waals surface area contributed by atoms with Gasteiger partial charge in [-0.3, -0.25) is 4.79 Å². The molecule has 0 aliphatic rings. The van der Waals surface area contributed by atoms with Crippen molar-refractivity contribution in [2.75, 3.05) is 20.3 Å². The minimum atomic E-state index is -0.506. The Balaban J connectivity index is 2.79. The molecule has 0 amide bonds. The number of ether oxygens (including phenoxy) is 2. The Bertz CT molecular complexity index is 376. The molecule has 6 heteroatoms. The summed E-state index contributed by atoms with van der Waals surface area (Å²) in [6.45, 7) is 6.46. The molecule has 6 nitrogen and oxygen atoms in total. The van der Waals surface area contributed by atoms with Crippen LogP contribution in [0.5, 0.6) is 0 Å². The van der Waals surface area contributed by atoms with Crippen LogP contribution in [0.25, 0.3) is 0 Å². The molecule has 0 aliphatic carbocycles. The molecule has 0 fully saturated rings. The molecule has 0 radical (unpaired) electrons. The second-order valence-corrected chi connectivity index (χ2v) is 4.27. The SMILES string of the molecule is CCOC(=O)C(c1nc(CCOC)no1)C(C)C. The highest BCUT2D eigenvalue weighted by Gasteiger charge is 2.31. The minimum absolute atomic E-state index is 0.0415. The third-order valence-electron chi connectivity index (χ3n) is 2.49. The molecular formula is C12H20N2O4. The van der Waals surface area contributed by atoms with Crippen LogP contribution in [0.15, 0.2) is 4.52 Å². The molecule has 1 aromatic rings. The van der Waals surface area contributed by atoms with Gasteiger partial charge in [0.1, 0.15) is 5.92 Å². The van der Waals surface area contributed by atoms with Gasteiger partial charge in [0.15, 0.2) is 5.82 Å². The van der Waals surface area contributed by atoms with E-state index in [0.29, 0.717) is 31.3 Å². The lowest BCUT2D eigenvalue weighted by Gasteiger charge is -2.14. The summed E-state index contributed by atoms with van der Waals surface area (Å²) in [5.41, 5.74) is 0. The molecule has 0 spiro atoms. The molecule has 18 heavy (non-hydrogen) atoms. The zero-order valence-electron chi connectivity index (χ0n) is 11.3. The van der Waals surface area contributed by atoms with E-state index in [1.165, 1.54) is 0 Å². The molecule has 1 atom stereocenters. The van der Waals surface area contributed by atoms with Crippen molar-refractivity contribution in [2.24, 2.45) is 5.92 Å². The van der Waals surface area contributed by atoms with Crippen molar-refractivity contribution in [2.45, 2.75) is 33.1 Å². The van der Waals surface area contributed by atoms with E-state index < -0.39 is 5.92 Å². The van der Waals surface area contributed by atoms with Crippen LogP contribution in [0.3, 0.4) is 0 Å². The zero-order chi connectivity index (χ0) is 13.5. The Morgan fingerprint density at radius 1 is 1.44 bits per heavy atom. The lowest BCUT2D eigenvalue weighted by molar-refractivity contribution is -0.146. The second-order valence-electron chi connectivity index (χ2n) is 4.27. The zero-order valence-corrected chi connectivity index (χ0v) is 11.3. The summed E-state index contributed by atoms with van der Waals surface area (Å²) in [4.78, 5) is 16.0. The molecule has 1 unspecified atom stereocenters. The summed E-state index contributed by atoms with van der Waals surface area (Å²) >= 11 is 0. The molecule has 0 aliphatic heterocycles. The Kier molecular flexibility index (Phi) is 5.77. The number of nitrogens with zero attached hydrogens (tertiary/aromatic N) is 2. The number of methoxy groups -OCH3 is 1. The molecule has 102 valence electrons. The Labute approximate surface area is 107 Å². The van der Waals surface area contributed by atoms with Crippen molar-refractivity contribution in [1.82, 2.24) is 10.1 Å². The molecule has 0 aromatic carbocycles. The van der Waals surface area contributed by atoms with Gasteiger partial charge < -0.3 is 14.0 Å². The van der Waals surface area contributed by atoms with E-state index in [2.05, 4.69) is 10.1 Å². The van der Waals surface area contributed by atoms with E-state index in [-0.39, 0.29) is 11.9 Å². The van der Waals surface area contributed by atoms with E-state index in [4.69, 9.17) is 14.0 Å². The predicted molar refractivity (Wildman–Crippen MR) is 64.1 cm³/mol. The normalized spacial score (nSPS) is 12.7. The highest BCUT2D eigenvalue weighted by atomic mass is 16.5. The molecular weight excluding hydrogens is 236 g/mol. The van der Waals surface area contributed by atoms with Crippen LogP contribution in [0, 0.1) is 5.92 Å². The highest BCUT2D eigenvalue weighted by Crippen LogP contribution is 2.24. The van der Waals surface area contributed by atoms with Gasteiger partial charge in [0, 0.05) is 13.5 Å². The molecule has 0 bridgehead atoms. The number of esters is 1. The maximum absolute atomic E-state index is 11.8. The molecule has 1 heterocycles. The van der Waals surface area contributed by atoms with E-state index in [1.807, 2.05) is 13.8 Å². The van der Waals surface area contributed by atoms with Crippen LogP contribution in [0.2, 0.25) is 0 Å². The average Bonchev–Trinajstić information content (AvgIpc) is 2.75. The average molecular weight is 256 g/mol. The summed E-state index contributed by atoms with van der Waals surface area (Å²) in [5, 5.41) is 3.83. The number of carbonyl (C=O) groups is 1. The van der Waals surface area contributed by atoms with Crippen LogP contribution in [-0.4, -0.2) is 36.4 Å². The fourth-order valence-corrected chi connectivity index (χ4v) is 1.58. The van der Waals surface area contributed by atoms with E-state index in [1.54, 1.807) is 14.0 Å². The van der Waals surface area contributed by atoms with Crippen LogP contribution in [0.1, 0.15) is 38.4 Å². The first-order valence-electron chi connectivity index (χ1n) is 6.08. The second kappa shape index (κ2) is 7.10.